The third kappa shape index (κ3) is 3.53. The van der Waals surface area contributed by atoms with Crippen LogP contribution in [-0.4, -0.2) is 40.1 Å². The third-order valence-corrected chi connectivity index (χ3v) is 4.65. The second kappa shape index (κ2) is 6.29. The van der Waals surface area contributed by atoms with Crippen LogP contribution in [0.4, 0.5) is 0 Å². The Bertz CT molecular complexity index is 399. The van der Waals surface area contributed by atoms with E-state index in [1.807, 2.05) is 12.4 Å². The predicted molar refractivity (Wildman–Crippen MR) is 72.0 cm³/mol. The highest BCUT2D eigenvalue weighted by molar-refractivity contribution is 7.09. The molecule has 1 aromatic heterocycles. The summed E-state index contributed by atoms with van der Waals surface area (Å²) in [7, 11) is 0. The fourth-order valence-corrected chi connectivity index (χ4v) is 3.42. The lowest BCUT2D eigenvalue weighted by molar-refractivity contribution is -0.138. The van der Waals surface area contributed by atoms with Crippen molar-refractivity contribution < 1.29 is 9.90 Å². The van der Waals surface area contributed by atoms with Crippen molar-refractivity contribution in [2.45, 2.75) is 45.1 Å². The Morgan fingerprint density at radius 2 is 2.28 bits per heavy atom. The minimum Gasteiger partial charge on any atom is -0.480 e. The molecule has 0 aliphatic heterocycles. The van der Waals surface area contributed by atoms with Crippen LogP contribution in [0.25, 0.3) is 0 Å². The first-order chi connectivity index (χ1) is 8.66. The first-order valence-corrected chi connectivity index (χ1v) is 7.39. The van der Waals surface area contributed by atoms with Crippen LogP contribution in [0.5, 0.6) is 0 Å². The molecule has 0 amide bonds. The topological polar surface area (TPSA) is 53.4 Å². The molecule has 0 atom stereocenters. The van der Waals surface area contributed by atoms with Gasteiger partial charge < -0.3 is 5.11 Å². The zero-order valence-electron chi connectivity index (χ0n) is 10.8. The van der Waals surface area contributed by atoms with Crippen molar-refractivity contribution in [2.24, 2.45) is 0 Å². The molecule has 4 nitrogen and oxygen atoms in total. The highest BCUT2D eigenvalue weighted by atomic mass is 32.1. The second-order valence-corrected chi connectivity index (χ2v) is 5.85. The molecule has 0 unspecified atom stereocenters. The van der Waals surface area contributed by atoms with Gasteiger partial charge in [0.25, 0.3) is 0 Å². The Hall–Kier alpha value is -0.940. The number of aryl methyl sites for hydroxylation is 1. The summed E-state index contributed by atoms with van der Waals surface area (Å²) >= 11 is 1.67. The Morgan fingerprint density at radius 3 is 2.83 bits per heavy atom. The molecule has 1 N–H and O–H groups in total. The van der Waals surface area contributed by atoms with E-state index in [4.69, 9.17) is 5.11 Å². The van der Waals surface area contributed by atoms with Crippen molar-refractivity contribution in [2.75, 3.05) is 13.1 Å². The van der Waals surface area contributed by atoms with Gasteiger partial charge in [0.15, 0.2) is 0 Å². The summed E-state index contributed by atoms with van der Waals surface area (Å²) in [6, 6.07) is 0.467. The molecular weight excluding hydrogens is 248 g/mol. The molecule has 1 aromatic rings. The molecule has 0 spiro atoms. The second-order valence-electron chi connectivity index (χ2n) is 4.91. The number of aromatic nitrogens is 1. The molecule has 18 heavy (non-hydrogen) atoms. The van der Waals surface area contributed by atoms with E-state index >= 15 is 0 Å². The normalized spacial score (nSPS) is 16.6. The number of hydrogen-bond donors (Lipinski definition) is 1. The molecule has 0 bridgehead atoms. The van der Waals surface area contributed by atoms with Gasteiger partial charge in [0, 0.05) is 17.5 Å². The number of thiazole rings is 1. The zero-order valence-corrected chi connectivity index (χ0v) is 11.6. The van der Waals surface area contributed by atoms with Crippen LogP contribution in [0.1, 0.15) is 36.3 Å². The van der Waals surface area contributed by atoms with Crippen molar-refractivity contribution >= 4 is 17.3 Å². The van der Waals surface area contributed by atoms with E-state index in [9.17, 15) is 4.79 Å². The van der Waals surface area contributed by atoms with Crippen molar-refractivity contribution in [1.29, 1.82) is 0 Å². The van der Waals surface area contributed by atoms with Gasteiger partial charge in [-0.2, -0.15) is 0 Å². The number of rotatable bonds is 6. The standard InChI is InChI=1S/C13H20N2O2S/c1-10-12(18-9-14-10)6-7-15(8-13(16)17)11-4-2-3-5-11/h9,11H,2-8H2,1H3,(H,16,17). The van der Waals surface area contributed by atoms with Crippen LogP contribution in [0.3, 0.4) is 0 Å². The van der Waals surface area contributed by atoms with E-state index < -0.39 is 5.97 Å². The molecule has 100 valence electrons. The average molecular weight is 268 g/mol. The molecular formula is C13H20N2O2S. The summed E-state index contributed by atoms with van der Waals surface area (Å²) in [5, 5.41) is 9.00. The van der Waals surface area contributed by atoms with E-state index in [1.54, 1.807) is 11.3 Å². The fourth-order valence-electron chi connectivity index (χ4n) is 2.65. The van der Waals surface area contributed by atoms with Gasteiger partial charge in [-0.15, -0.1) is 11.3 Å². The molecule has 1 heterocycles. The SMILES string of the molecule is Cc1ncsc1CCN(CC(=O)O)C1CCCC1. The van der Waals surface area contributed by atoms with E-state index in [2.05, 4.69) is 9.88 Å². The quantitative estimate of drug-likeness (QED) is 0.860. The maximum atomic E-state index is 10.9. The van der Waals surface area contributed by atoms with Crippen LogP contribution >= 0.6 is 11.3 Å². The zero-order chi connectivity index (χ0) is 13.0. The van der Waals surface area contributed by atoms with Crippen molar-refractivity contribution in [3.05, 3.63) is 16.1 Å². The summed E-state index contributed by atoms with van der Waals surface area (Å²) in [6.07, 6.45) is 5.69. The minimum atomic E-state index is -0.720. The van der Waals surface area contributed by atoms with E-state index in [1.165, 1.54) is 17.7 Å². The highest BCUT2D eigenvalue weighted by Gasteiger charge is 2.24. The van der Waals surface area contributed by atoms with E-state index in [-0.39, 0.29) is 6.54 Å². The van der Waals surface area contributed by atoms with Gasteiger partial charge >= 0.3 is 5.97 Å². The summed E-state index contributed by atoms with van der Waals surface area (Å²) in [5.41, 5.74) is 2.95. The number of carboxylic acid groups (broad SMARTS) is 1. The molecule has 1 aliphatic carbocycles. The van der Waals surface area contributed by atoms with Crippen molar-refractivity contribution in [3.63, 3.8) is 0 Å². The van der Waals surface area contributed by atoms with E-state index in [0.29, 0.717) is 6.04 Å². The van der Waals surface area contributed by atoms with Crippen molar-refractivity contribution in [3.8, 4) is 0 Å². The van der Waals surface area contributed by atoms with Gasteiger partial charge in [-0.05, 0) is 26.2 Å². The van der Waals surface area contributed by atoms with Gasteiger partial charge in [-0.1, -0.05) is 12.8 Å². The Labute approximate surface area is 112 Å². The van der Waals surface area contributed by atoms with Crippen LogP contribution < -0.4 is 0 Å². The summed E-state index contributed by atoms with van der Waals surface area (Å²) in [4.78, 5) is 18.6. The van der Waals surface area contributed by atoms with Gasteiger partial charge in [-0.25, -0.2) is 4.98 Å². The van der Waals surface area contributed by atoms with Gasteiger partial charge in [-0.3, -0.25) is 9.69 Å². The Kier molecular flexibility index (Phi) is 4.72. The molecule has 1 fully saturated rings. The number of hydrogen-bond acceptors (Lipinski definition) is 4. The molecule has 0 saturated heterocycles. The summed E-state index contributed by atoms with van der Waals surface area (Å²) in [6.45, 7) is 3.02. The molecule has 0 aromatic carbocycles. The number of carbonyl (C=O) groups is 1. The maximum absolute atomic E-state index is 10.9. The molecule has 1 aliphatic rings. The largest absolute Gasteiger partial charge is 0.480 e. The van der Waals surface area contributed by atoms with Crippen molar-refractivity contribution in [1.82, 2.24) is 9.88 Å². The highest BCUT2D eigenvalue weighted by Crippen LogP contribution is 2.24. The number of nitrogens with zero attached hydrogens (tertiary/aromatic N) is 2. The maximum Gasteiger partial charge on any atom is 0.317 e. The Balaban J connectivity index is 1.92. The number of aliphatic carboxylic acids is 1. The van der Waals surface area contributed by atoms with Crippen LogP contribution in [0, 0.1) is 6.92 Å². The fraction of sp³-hybridized carbons (Fsp3) is 0.692. The lowest BCUT2D eigenvalue weighted by Gasteiger charge is -2.26. The lowest BCUT2D eigenvalue weighted by atomic mass is 10.2. The summed E-state index contributed by atoms with van der Waals surface area (Å²) in [5.74, 6) is -0.720. The van der Waals surface area contributed by atoms with Gasteiger partial charge in [0.1, 0.15) is 0 Å². The average Bonchev–Trinajstić information content (AvgIpc) is 2.95. The lowest BCUT2D eigenvalue weighted by Crippen LogP contribution is -2.38. The van der Waals surface area contributed by atoms with Gasteiger partial charge in [0.05, 0.1) is 17.7 Å². The first kappa shape index (κ1) is 13.5. The molecule has 2 rings (SSSR count). The number of carboxylic acids is 1. The predicted octanol–water partition coefficient (Wildman–Crippen LogP) is 2.32. The van der Waals surface area contributed by atoms with Gasteiger partial charge in [0.2, 0.25) is 0 Å². The monoisotopic (exact) mass is 268 g/mol. The van der Waals surface area contributed by atoms with E-state index in [0.717, 1.165) is 31.5 Å². The third-order valence-electron chi connectivity index (χ3n) is 3.65. The summed E-state index contributed by atoms with van der Waals surface area (Å²) < 4.78 is 0. The Morgan fingerprint density at radius 1 is 1.56 bits per heavy atom. The van der Waals surface area contributed by atoms with Crippen LogP contribution in [0.2, 0.25) is 0 Å². The minimum absolute atomic E-state index is 0.169. The first-order valence-electron chi connectivity index (χ1n) is 6.51. The van der Waals surface area contributed by atoms with Crippen LogP contribution in [-0.2, 0) is 11.2 Å². The molecule has 0 radical (unpaired) electrons. The molecule has 1 saturated carbocycles. The smallest absolute Gasteiger partial charge is 0.317 e. The van der Waals surface area contributed by atoms with Crippen LogP contribution in [0.15, 0.2) is 5.51 Å². The molecule has 5 heteroatoms.